The Morgan fingerprint density at radius 1 is 1.24 bits per heavy atom. The number of nitrogens with zero attached hydrogens (tertiary/aromatic N) is 3. The van der Waals surface area contributed by atoms with Crippen LogP contribution >= 0.6 is 0 Å². The zero-order valence-corrected chi connectivity index (χ0v) is 9.96. The molecule has 0 aromatic carbocycles. The van der Waals surface area contributed by atoms with Gasteiger partial charge in [0.1, 0.15) is 0 Å². The van der Waals surface area contributed by atoms with Gasteiger partial charge in [0, 0.05) is 45.5 Å². The van der Waals surface area contributed by atoms with E-state index in [0.717, 1.165) is 37.4 Å². The van der Waals surface area contributed by atoms with Gasteiger partial charge in [-0.15, -0.1) is 0 Å². The third kappa shape index (κ3) is 2.83. The van der Waals surface area contributed by atoms with Crippen molar-refractivity contribution in [3.05, 3.63) is 33.1 Å². The van der Waals surface area contributed by atoms with Crippen molar-refractivity contribution in [3.8, 4) is 0 Å². The van der Waals surface area contributed by atoms with Gasteiger partial charge in [0.15, 0.2) is 0 Å². The van der Waals surface area contributed by atoms with Crippen molar-refractivity contribution in [2.75, 3.05) is 32.8 Å². The summed E-state index contributed by atoms with van der Waals surface area (Å²) in [7, 11) is 1.50. The van der Waals surface area contributed by atoms with E-state index in [1.54, 1.807) is 10.8 Å². The summed E-state index contributed by atoms with van der Waals surface area (Å²) >= 11 is 0. The molecule has 2 heterocycles. The van der Waals surface area contributed by atoms with E-state index < -0.39 is 0 Å². The molecule has 1 aromatic heterocycles. The van der Waals surface area contributed by atoms with Gasteiger partial charge in [-0.3, -0.25) is 18.8 Å². The molecule has 1 saturated heterocycles. The molecule has 17 heavy (non-hydrogen) atoms. The predicted octanol–water partition coefficient (Wildman–Crippen LogP) is -1.12. The normalized spacial score (nSPS) is 17.2. The first kappa shape index (κ1) is 12.1. The van der Waals surface area contributed by atoms with Gasteiger partial charge in [-0.25, -0.2) is 4.79 Å². The summed E-state index contributed by atoms with van der Waals surface area (Å²) in [4.78, 5) is 25.2. The first-order valence-electron chi connectivity index (χ1n) is 5.75. The highest BCUT2D eigenvalue weighted by atomic mass is 16.5. The Labute approximate surface area is 99.0 Å². The van der Waals surface area contributed by atoms with Crippen LogP contribution in [0, 0.1) is 0 Å². The summed E-state index contributed by atoms with van der Waals surface area (Å²) in [5.41, 5.74) is -0.525. The van der Waals surface area contributed by atoms with Crippen molar-refractivity contribution in [1.29, 1.82) is 0 Å². The average molecular weight is 239 g/mol. The molecule has 6 nitrogen and oxygen atoms in total. The van der Waals surface area contributed by atoms with E-state index in [2.05, 4.69) is 4.90 Å². The molecule has 0 bridgehead atoms. The van der Waals surface area contributed by atoms with E-state index in [1.165, 1.54) is 13.1 Å². The van der Waals surface area contributed by atoms with Crippen molar-refractivity contribution in [1.82, 2.24) is 14.0 Å². The lowest BCUT2D eigenvalue weighted by Gasteiger charge is -2.26. The first-order chi connectivity index (χ1) is 8.18. The molecule has 1 aromatic rings. The highest BCUT2D eigenvalue weighted by molar-refractivity contribution is 4.85. The molecule has 0 spiro atoms. The lowest BCUT2D eigenvalue weighted by atomic mass is 10.4. The smallest absolute Gasteiger partial charge is 0.330 e. The van der Waals surface area contributed by atoms with Crippen molar-refractivity contribution in [2.45, 2.75) is 6.54 Å². The van der Waals surface area contributed by atoms with Crippen molar-refractivity contribution in [2.24, 2.45) is 7.05 Å². The van der Waals surface area contributed by atoms with E-state index in [9.17, 15) is 9.59 Å². The van der Waals surface area contributed by atoms with Gasteiger partial charge in [0.2, 0.25) is 0 Å². The van der Waals surface area contributed by atoms with Crippen molar-refractivity contribution >= 4 is 0 Å². The van der Waals surface area contributed by atoms with Crippen LogP contribution in [-0.4, -0.2) is 46.9 Å². The second-order valence-corrected chi connectivity index (χ2v) is 4.14. The van der Waals surface area contributed by atoms with E-state index in [1.807, 2.05) is 0 Å². The summed E-state index contributed by atoms with van der Waals surface area (Å²) in [6.07, 6.45) is 1.56. The Hall–Kier alpha value is -1.40. The molecule has 0 aliphatic carbocycles. The minimum atomic E-state index is -0.266. The molecule has 0 atom stereocenters. The minimum absolute atomic E-state index is 0.259. The van der Waals surface area contributed by atoms with Gasteiger partial charge in [0.05, 0.1) is 13.2 Å². The minimum Gasteiger partial charge on any atom is -0.379 e. The summed E-state index contributed by atoms with van der Waals surface area (Å²) in [6, 6.07) is 1.42. The van der Waals surface area contributed by atoms with Gasteiger partial charge in [0.25, 0.3) is 5.56 Å². The maximum atomic E-state index is 11.7. The Kier molecular flexibility index (Phi) is 3.75. The monoisotopic (exact) mass is 239 g/mol. The largest absolute Gasteiger partial charge is 0.379 e. The van der Waals surface area contributed by atoms with E-state index >= 15 is 0 Å². The fraction of sp³-hybridized carbons (Fsp3) is 0.636. The fourth-order valence-electron chi connectivity index (χ4n) is 1.86. The van der Waals surface area contributed by atoms with Gasteiger partial charge in [-0.05, 0) is 0 Å². The lowest BCUT2D eigenvalue weighted by Crippen LogP contribution is -2.42. The molecule has 2 rings (SSSR count). The third-order valence-electron chi connectivity index (χ3n) is 3.02. The van der Waals surface area contributed by atoms with E-state index in [4.69, 9.17) is 4.74 Å². The van der Waals surface area contributed by atoms with Crippen molar-refractivity contribution in [3.63, 3.8) is 0 Å². The quantitative estimate of drug-likeness (QED) is 0.670. The highest BCUT2D eigenvalue weighted by Crippen LogP contribution is 1.96. The third-order valence-corrected chi connectivity index (χ3v) is 3.02. The maximum Gasteiger partial charge on any atom is 0.330 e. The van der Waals surface area contributed by atoms with Crippen LogP contribution in [-0.2, 0) is 18.3 Å². The van der Waals surface area contributed by atoms with Crippen LogP contribution in [0.15, 0.2) is 21.9 Å². The summed E-state index contributed by atoms with van der Waals surface area (Å²) in [5, 5.41) is 0. The summed E-state index contributed by atoms with van der Waals surface area (Å²) in [5.74, 6) is 0. The molecule has 1 aliphatic heterocycles. The maximum absolute atomic E-state index is 11.7. The first-order valence-corrected chi connectivity index (χ1v) is 5.75. The molecule has 0 radical (unpaired) electrons. The molecule has 0 saturated carbocycles. The van der Waals surface area contributed by atoms with Crippen LogP contribution in [0.25, 0.3) is 0 Å². The van der Waals surface area contributed by atoms with E-state index in [-0.39, 0.29) is 11.2 Å². The number of aromatic nitrogens is 2. The van der Waals surface area contributed by atoms with Crippen LogP contribution in [0.5, 0.6) is 0 Å². The Balaban J connectivity index is 2.01. The van der Waals surface area contributed by atoms with Crippen LogP contribution in [0.4, 0.5) is 0 Å². The lowest BCUT2D eigenvalue weighted by molar-refractivity contribution is 0.0362. The Bertz CT molecular complexity index is 485. The molecule has 6 heteroatoms. The topological polar surface area (TPSA) is 56.5 Å². The summed E-state index contributed by atoms with van der Waals surface area (Å²) in [6.45, 7) is 4.72. The van der Waals surface area contributed by atoms with Crippen molar-refractivity contribution < 1.29 is 4.74 Å². The molecule has 1 fully saturated rings. The SMILES string of the molecule is Cn1c(=O)ccn(CCN2CCOCC2)c1=O. The second kappa shape index (κ2) is 5.29. The van der Waals surface area contributed by atoms with Crippen LogP contribution in [0.2, 0.25) is 0 Å². The number of rotatable bonds is 3. The molecule has 0 amide bonds. The zero-order valence-electron chi connectivity index (χ0n) is 9.96. The Morgan fingerprint density at radius 2 is 1.94 bits per heavy atom. The molecule has 0 unspecified atom stereocenters. The molecule has 0 N–H and O–H groups in total. The molecular formula is C11H17N3O3. The summed E-state index contributed by atoms with van der Waals surface area (Å²) < 4.78 is 7.95. The van der Waals surface area contributed by atoms with Gasteiger partial charge in [-0.2, -0.15) is 0 Å². The second-order valence-electron chi connectivity index (χ2n) is 4.14. The highest BCUT2D eigenvalue weighted by Gasteiger charge is 2.10. The van der Waals surface area contributed by atoms with Crippen LogP contribution in [0.1, 0.15) is 0 Å². The molecular weight excluding hydrogens is 222 g/mol. The predicted molar refractivity (Wildman–Crippen MR) is 63.2 cm³/mol. The number of hydrogen-bond donors (Lipinski definition) is 0. The number of hydrogen-bond acceptors (Lipinski definition) is 4. The van der Waals surface area contributed by atoms with E-state index in [0.29, 0.717) is 6.54 Å². The van der Waals surface area contributed by atoms with Gasteiger partial charge in [-0.1, -0.05) is 0 Å². The Morgan fingerprint density at radius 3 is 2.65 bits per heavy atom. The van der Waals surface area contributed by atoms with Crippen LogP contribution in [0.3, 0.4) is 0 Å². The fourth-order valence-corrected chi connectivity index (χ4v) is 1.86. The molecule has 94 valence electrons. The molecule has 1 aliphatic rings. The standard InChI is InChI=1S/C11H17N3O3/c1-12-10(15)2-3-14(11(12)16)5-4-13-6-8-17-9-7-13/h2-3H,4-9H2,1H3. The van der Waals surface area contributed by atoms with Gasteiger partial charge < -0.3 is 4.74 Å². The zero-order chi connectivity index (χ0) is 12.3. The number of ether oxygens (including phenoxy) is 1. The van der Waals surface area contributed by atoms with Crippen LogP contribution < -0.4 is 11.2 Å². The average Bonchev–Trinajstić information content (AvgIpc) is 2.36. The van der Waals surface area contributed by atoms with Gasteiger partial charge >= 0.3 is 5.69 Å². The number of morpholine rings is 1.